The van der Waals surface area contributed by atoms with Crippen LogP contribution in [0.4, 0.5) is 0 Å². The van der Waals surface area contributed by atoms with Gasteiger partial charge in [0, 0.05) is 23.9 Å². The lowest BCUT2D eigenvalue weighted by Gasteiger charge is -2.43. The second kappa shape index (κ2) is 5.92. The Hall–Kier alpha value is -0.220. The molecule has 1 aliphatic heterocycles. The summed E-state index contributed by atoms with van der Waals surface area (Å²) in [5, 5.41) is 8.79. The van der Waals surface area contributed by atoms with E-state index in [0.717, 1.165) is 5.75 Å². The maximum absolute atomic E-state index is 10.7. The van der Waals surface area contributed by atoms with E-state index in [4.69, 9.17) is 5.11 Å². The normalized spacial score (nSPS) is 22.4. The molecule has 1 unspecified atom stereocenters. The number of hydrogen-bond acceptors (Lipinski definition) is 3. The molecular weight excluding hydrogens is 222 g/mol. The Morgan fingerprint density at radius 1 is 1.50 bits per heavy atom. The Morgan fingerprint density at radius 3 is 2.62 bits per heavy atom. The lowest BCUT2D eigenvalue weighted by Crippen LogP contribution is -2.50. The number of aliphatic carboxylic acids is 1. The van der Waals surface area contributed by atoms with Gasteiger partial charge in [-0.15, -0.1) is 0 Å². The van der Waals surface area contributed by atoms with E-state index in [2.05, 4.69) is 25.7 Å². The summed E-state index contributed by atoms with van der Waals surface area (Å²) in [5.74, 6) is 1.71. The Balaban J connectivity index is 2.58. The quantitative estimate of drug-likeness (QED) is 0.826. The predicted octanol–water partition coefficient (Wildman–Crippen LogP) is 2.46. The fraction of sp³-hybridized carbons (Fsp3) is 0.917. The summed E-state index contributed by atoms with van der Waals surface area (Å²) in [5.41, 5.74) is 0.0675. The van der Waals surface area contributed by atoms with Crippen molar-refractivity contribution >= 4 is 17.7 Å². The molecule has 0 radical (unpaired) electrons. The van der Waals surface area contributed by atoms with E-state index >= 15 is 0 Å². The van der Waals surface area contributed by atoms with Crippen LogP contribution in [-0.2, 0) is 4.79 Å². The van der Waals surface area contributed by atoms with E-state index in [-0.39, 0.29) is 12.0 Å². The number of hydrogen-bond donors (Lipinski definition) is 1. The van der Waals surface area contributed by atoms with E-state index in [0.29, 0.717) is 12.6 Å². The molecule has 1 aliphatic rings. The molecule has 1 fully saturated rings. The first-order valence-electron chi connectivity index (χ1n) is 5.97. The van der Waals surface area contributed by atoms with Crippen LogP contribution in [0.15, 0.2) is 0 Å². The summed E-state index contributed by atoms with van der Waals surface area (Å²) in [4.78, 5) is 13.0. The van der Waals surface area contributed by atoms with Crippen LogP contribution in [0.25, 0.3) is 0 Å². The minimum absolute atomic E-state index is 0.0675. The molecular formula is C12H23NO2S. The van der Waals surface area contributed by atoms with Crippen LogP contribution in [0.5, 0.6) is 0 Å². The van der Waals surface area contributed by atoms with Gasteiger partial charge in [0.2, 0.25) is 0 Å². The number of carbonyl (C=O) groups is 1. The van der Waals surface area contributed by atoms with Gasteiger partial charge in [0.1, 0.15) is 0 Å². The summed E-state index contributed by atoms with van der Waals surface area (Å²) < 4.78 is 0. The van der Waals surface area contributed by atoms with Gasteiger partial charge < -0.3 is 5.11 Å². The molecule has 3 nitrogen and oxygen atoms in total. The van der Waals surface area contributed by atoms with Crippen molar-refractivity contribution in [2.24, 2.45) is 0 Å². The van der Waals surface area contributed by atoms with Gasteiger partial charge in [-0.3, -0.25) is 9.69 Å². The molecule has 1 atom stereocenters. The lowest BCUT2D eigenvalue weighted by atomic mass is 10.0. The molecule has 1 heterocycles. The van der Waals surface area contributed by atoms with Crippen molar-refractivity contribution in [1.82, 2.24) is 4.90 Å². The Labute approximate surface area is 103 Å². The zero-order chi connectivity index (χ0) is 12.2. The van der Waals surface area contributed by atoms with Crippen LogP contribution in [-0.4, -0.2) is 45.6 Å². The minimum Gasteiger partial charge on any atom is -0.481 e. The monoisotopic (exact) mass is 245 g/mol. The van der Waals surface area contributed by atoms with Crippen LogP contribution >= 0.6 is 11.8 Å². The van der Waals surface area contributed by atoms with Gasteiger partial charge in [-0.05, 0) is 39.4 Å². The molecule has 0 saturated carbocycles. The Bertz CT molecular complexity index is 232. The van der Waals surface area contributed by atoms with Gasteiger partial charge in [-0.2, -0.15) is 11.8 Å². The Morgan fingerprint density at radius 2 is 2.19 bits per heavy atom. The topological polar surface area (TPSA) is 40.5 Å². The van der Waals surface area contributed by atoms with Gasteiger partial charge >= 0.3 is 5.97 Å². The van der Waals surface area contributed by atoms with Crippen LogP contribution in [0.2, 0.25) is 0 Å². The second-order valence-corrected chi connectivity index (χ2v) is 6.53. The summed E-state index contributed by atoms with van der Waals surface area (Å²) in [6.07, 6.45) is 2.72. The predicted molar refractivity (Wildman–Crippen MR) is 69.1 cm³/mol. The number of carboxylic acid groups (broad SMARTS) is 1. The zero-order valence-electron chi connectivity index (χ0n) is 10.5. The molecule has 1 N–H and O–H groups in total. The molecule has 0 aromatic rings. The summed E-state index contributed by atoms with van der Waals surface area (Å²) in [6, 6.07) is 0.554. The second-order valence-electron chi connectivity index (χ2n) is 5.38. The fourth-order valence-corrected chi connectivity index (χ4v) is 3.41. The van der Waals surface area contributed by atoms with Gasteiger partial charge in [-0.25, -0.2) is 0 Å². The molecule has 0 aromatic carbocycles. The third-order valence-electron chi connectivity index (χ3n) is 3.01. The smallest absolute Gasteiger partial charge is 0.304 e. The van der Waals surface area contributed by atoms with Crippen LogP contribution < -0.4 is 0 Å². The number of rotatable bonds is 4. The third kappa shape index (κ3) is 4.34. The molecule has 94 valence electrons. The third-order valence-corrected chi connectivity index (χ3v) is 4.20. The van der Waals surface area contributed by atoms with Crippen molar-refractivity contribution < 1.29 is 9.90 Å². The van der Waals surface area contributed by atoms with E-state index in [9.17, 15) is 4.79 Å². The average Bonchev–Trinajstić information content (AvgIpc) is 2.17. The summed E-state index contributed by atoms with van der Waals surface area (Å²) in [7, 11) is 0. The molecule has 0 aromatic heterocycles. The highest BCUT2D eigenvalue weighted by molar-refractivity contribution is 7.99. The maximum atomic E-state index is 10.7. The molecule has 0 amide bonds. The summed E-state index contributed by atoms with van der Waals surface area (Å²) >= 11 is 1.99. The van der Waals surface area contributed by atoms with Crippen LogP contribution in [0.1, 0.15) is 40.0 Å². The average molecular weight is 245 g/mol. The number of nitrogens with zero attached hydrogens (tertiary/aromatic N) is 1. The standard InChI is InChI=1S/C12H23NO2S/c1-12(2,3)13(7-6-11(14)15)10-5-4-8-16-9-10/h10H,4-9H2,1-3H3,(H,14,15). The number of thioether (sulfide) groups is 1. The van der Waals surface area contributed by atoms with E-state index in [1.54, 1.807) is 0 Å². The first-order chi connectivity index (χ1) is 7.41. The molecule has 0 bridgehead atoms. The minimum atomic E-state index is -0.697. The van der Waals surface area contributed by atoms with Crippen molar-refractivity contribution in [2.45, 2.75) is 51.6 Å². The van der Waals surface area contributed by atoms with Crippen LogP contribution in [0, 0.1) is 0 Å². The fourth-order valence-electron chi connectivity index (χ4n) is 2.25. The van der Waals surface area contributed by atoms with Crippen molar-refractivity contribution in [3.8, 4) is 0 Å². The van der Waals surface area contributed by atoms with Crippen molar-refractivity contribution in [3.05, 3.63) is 0 Å². The molecule has 4 heteroatoms. The number of carboxylic acids is 1. The van der Waals surface area contributed by atoms with E-state index in [1.165, 1.54) is 18.6 Å². The van der Waals surface area contributed by atoms with E-state index in [1.807, 2.05) is 11.8 Å². The van der Waals surface area contributed by atoms with Gasteiger partial charge in [0.15, 0.2) is 0 Å². The SMILES string of the molecule is CC(C)(C)N(CCC(=O)O)C1CCCSC1. The largest absolute Gasteiger partial charge is 0.481 e. The first kappa shape index (κ1) is 13.8. The van der Waals surface area contributed by atoms with Crippen LogP contribution in [0.3, 0.4) is 0 Å². The molecule has 16 heavy (non-hydrogen) atoms. The lowest BCUT2D eigenvalue weighted by molar-refractivity contribution is -0.137. The zero-order valence-corrected chi connectivity index (χ0v) is 11.3. The van der Waals surface area contributed by atoms with Crippen molar-refractivity contribution in [2.75, 3.05) is 18.1 Å². The highest BCUT2D eigenvalue weighted by Crippen LogP contribution is 2.27. The summed E-state index contributed by atoms with van der Waals surface area (Å²) in [6.45, 7) is 7.19. The maximum Gasteiger partial charge on any atom is 0.304 e. The Kier molecular flexibility index (Phi) is 5.12. The van der Waals surface area contributed by atoms with Gasteiger partial charge in [0.25, 0.3) is 0 Å². The van der Waals surface area contributed by atoms with Crippen molar-refractivity contribution in [3.63, 3.8) is 0 Å². The first-order valence-corrected chi connectivity index (χ1v) is 7.13. The molecule has 1 rings (SSSR count). The highest BCUT2D eigenvalue weighted by atomic mass is 32.2. The van der Waals surface area contributed by atoms with E-state index < -0.39 is 5.97 Å². The van der Waals surface area contributed by atoms with Gasteiger partial charge in [-0.1, -0.05) is 0 Å². The molecule has 1 saturated heterocycles. The molecule has 0 aliphatic carbocycles. The molecule has 0 spiro atoms. The van der Waals surface area contributed by atoms with Crippen molar-refractivity contribution in [1.29, 1.82) is 0 Å². The van der Waals surface area contributed by atoms with Gasteiger partial charge in [0.05, 0.1) is 6.42 Å². The highest BCUT2D eigenvalue weighted by Gasteiger charge is 2.30.